The number of hydroxylamine groups is 1. The third-order valence-corrected chi connectivity index (χ3v) is 4.15. The number of alkyl halides is 2. The molecule has 0 radical (unpaired) electrons. The number of amides is 2. The van der Waals surface area contributed by atoms with Crippen LogP contribution in [0.1, 0.15) is 28.4 Å². The molecule has 2 aromatic carbocycles. The lowest BCUT2D eigenvalue weighted by molar-refractivity contribution is -0.134. The molecule has 0 bridgehead atoms. The van der Waals surface area contributed by atoms with Crippen molar-refractivity contribution < 1.29 is 23.6 Å². The van der Waals surface area contributed by atoms with Gasteiger partial charge >= 0.3 is 0 Å². The Morgan fingerprint density at radius 1 is 1.03 bits per heavy atom. The van der Waals surface area contributed by atoms with E-state index in [1.54, 1.807) is 36.4 Å². The summed E-state index contributed by atoms with van der Waals surface area (Å²) < 4.78 is 26.3. The van der Waals surface area contributed by atoms with Crippen LogP contribution in [0.2, 0.25) is 0 Å². The molecule has 0 spiro atoms. The molecule has 2 amide bonds. The molecule has 0 saturated carbocycles. The van der Waals surface area contributed by atoms with Gasteiger partial charge in [-0.15, -0.1) is 0 Å². The molecule has 7 nitrogen and oxygen atoms in total. The third-order valence-electron chi connectivity index (χ3n) is 4.15. The van der Waals surface area contributed by atoms with Gasteiger partial charge in [-0.1, -0.05) is 11.8 Å². The van der Waals surface area contributed by atoms with Gasteiger partial charge in [-0.2, -0.15) is 0 Å². The van der Waals surface area contributed by atoms with Crippen LogP contribution in [0.4, 0.5) is 14.5 Å². The van der Waals surface area contributed by atoms with Crippen molar-refractivity contribution in [3.8, 4) is 11.8 Å². The molecular weight excluding hydrogens is 382 g/mol. The van der Waals surface area contributed by atoms with E-state index in [2.05, 4.69) is 17.2 Å². The van der Waals surface area contributed by atoms with Gasteiger partial charge in [-0.25, -0.2) is 14.3 Å². The Balaban J connectivity index is 2.15. The lowest BCUT2D eigenvalue weighted by Crippen LogP contribution is -2.66. The monoisotopic (exact) mass is 402 g/mol. The van der Waals surface area contributed by atoms with Crippen LogP contribution in [0.15, 0.2) is 48.5 Å². The van der Waals surface area contributed by atoms with Gasteiger partial charge < -0.3 is 16.8 Å². The number of carbonyl (C=O) groups is 2. The molecule has 0 saturated heterocycles. The molecule has 29 heavy (non-hydrogen) atoms. The fourth-order valence-electron chi connectivity index (χ4n) is 2.32. The lowest BCUT2D eigenvalue weighted by atomic mass is 9.92. The van der Waals surface area contributed by atoms with Crippen LogP contribution >= 0.6 is 0 Å². The van der Waals surface area contributed by atoms with E-state index < -0.39 is 29.8 Å². The Kier molecular flexibility index (Phi) is 6.88. The molecule has 2 atom stereocenters. The predicted molar refractivity (Wildman–Crippen MR) is 103 cm³/mol. The Bertz CT molecular complexity index is 933. The highest BCUT2D eigenvalue weighted by Gasteiger charge is 2.44. The second-order valence-electron chi connectivity index (χ2n) is 6.50. The summed E-state index contributed by atoms with van der Waals surface area (Å²) in [6.07, 6.45) is -3.13. The number of benzene rings is 2. The van der Waals surface area contributed by atoms with Crippen molar-refractivity contribution in [2.75, 3.05) is 5.73 Å². The largest absolute Gasteiger partial charge is 0.399 e. The van der Waals surface area contributed by atoms with E-state index in [4.69, 9.17) is 16.7 Å². The zero-order chi connectivity index (χ0) is 21.6. The molecule has 0 aromatic heterocycles. The molecule has 0 aliphatic heterocycles. The minimum atomic E-state index is -3.13. The molecule has 0 aliphatic rings. The molecule has 2 aromatic rings. The molecule has 9 heteroatoms. The van der Waals surface area contributed by atoms with E-state index in [-0.39, 0.29) is 5.56 Å². The van der Waals surface area contributed by atoms with Crippen molar-refractivity contribution in [1.82, 2.24) is 10.8 Å². The highest BCUT2D eigenvalue weighted by molar-refractivity contribution is 5.98. The van der Waals surface area contributed by atoms with Gasteiger partial charge in [0.2, 0.25) is 0 Å². The summed E-state index contributed by atoms with van der Waals surface area (Å²) in [6, 6.07) is 11.1. The maximum absolute atomic E-state index is 13.2. The minimum Gasteiger partial charge on any atom is -0.399 e. The lowest BCUT2D eigenvalue weighted by Gasteiger charge is -2.32. The molecule has 0 heterocycles. The fraction of sp³-hybridized carbons (Fsp3) is 0.200. The van der Waals surface area contributed by atoms with Gasteiger partial charge in [0, 0.05) is 22.4 Å². The maximum atomic E-state index is 13.2. The summed E-state index contributed by atoms with van der Waals surface area (Å²) in [5, 5.41) is 10.9. The molecule has 152 valence electrons. The molecule has 2 unspecified atom stereocenters. The second-order valence-corrected chi connectivity index (χ2v) is 6.50. The van der Waals surface area contributed by atoms with Crippen LogP contribution in [-0.4, -0.2) is 35.0 Å². The van der Waals surface area contributed by atoms with Crippen molar-refractivity contribution in [3.63, 3.8) is 0 Å². The number of carbonyl (C=O) groups excluding carboxylic acids is 2. The first-order valence-electron chi connectivity index (χ1n) is 8.44. The summed E-state index contributed by atoms with van der Waals surface area (Å²) >= 11 is 0. The summed E-state index contributed by atoms with van der Waals surface area (Å²) in [7, 11) is 0. The maximum Gasteiger partial charge on any atom is 0.268 e. The van der Waals surface area contributed by atoms with Gasteiger partial charge in [0.1, 0.15) is 11.6 Å². The van der Waals surface area contributed by atoms with Crippen LogP contribution < -0.4 is 22.3 Å². The Morgan fingerprint density at radius 3 is 1.97 bits per heavy atom. The van der Waals surface area contributed by atoms with Gasteiger partial charge in [-0.05, 0) is 55.5 Å². The van der Waals surface area contributed by atoms with Crippen LogP contribution in [0.5, 0.6) is 0 Å². The normalized spacial score (nSPS) is 13.6. The average Bonchev–Trinajstić information content (AvgIpc) is 2.71. The van der Waals surface area contributed by atoms with Crippen molar-refractivity contribution >= 4 is 17.5 Å². The second kappa shape index (κ2) is 9.14. The molecule has 2 rings (SSSR count). The van der Waals surface area contributed by atoms with E-state index >= 15 is 0 Å². The third kappa shape index (κ3) is 5.51. The summed E-state index contributed by atoms with van der Waals surface area (Å²) in [5.74, 6) is 3.79. The quantitative estimate of drug-likeness (QED) is 0.222. The van der Waals surface area contributed by atoms with Gasteiger partial charge in [0.25, 0.3) is 18.2 Å². The topological polar surface area (TPSA) is 130 Å². The van der Waals surface area contributed by atoms with Gasteiger partial charge in [-0.3, -0.25) is 14.8 Å². The van der Waals surface area contributed by atoms with Crippen LogP contribution in [0.3, 0.4) is 0 Å². The zero-order valence-corrected chi connectivity index (χ0v) is 15.4. The van der Waals surface area contributed by atoms with Crippen molar-refractivity contribution in [2.24, 2.45) is 5.73 Å². The summed E-state index contributed by atoms with van der Waals surface area (Å²) in [4.78, 5) is 24.1. The number of hydrogen-bond donors (Lipinski definition) is 5. The molecule has 0 aliphatic carbocycles. The van der Waals surface area contributed by atoms with Crippen molar-refractivity contribution in [1.29, 1.82) is 0 Å². The summed E-state index contributed by atoms with van der Waals surface area (Å²) in [6.45, 7) is 0.897. The highest BCUT2D eigenvalue weighted by atomic mass is 19.3. The average molecular weight is 402 g/mol. The van der Waals surface area contributed by atoms with Crippen LogP contribution in [0, 0.1) is 11.8 Å². The smallest absolute Gasteiger partial charge is 0.268 e. The van der Waals surface area contributed by atoms with Crippen LogP contribution in [-0.2, 0) is 4.79 Å². The Hall–Kier alpha value is -3.48. The Morgan fingerprint density at radius 2 is 1.52 bits per heavy atom. The van der Waals surface area contributed by atoms with E-state index in [1.165, 1.54) is 17.6 Å². The summed E-state index contributed by atoms with van der Waals surface area (Å²) in [5.41, 5.74) is 12.0. The molecular formula is C20H20F2N4O3. The van der Waals surface area contributed by atoms with Crippen molar-refractivity contribution in [3.05, 3.63) is 65.2 Å². The van der Waals surface area contributed by atoms with E-state index in [9.17, 15) is 18.4 Å². The Labute approximate surface area is 166 Å². The number of anilines is 1. The predicted octanol–water partition coefficient (Wildman–Crippen LogP) is 1.25. The van der Waals surface area contributed by atoms with E-state index in [0.29, 0.717) is 11.3 Å². The first-order valence-corrected chi connectivity index (χ1v) is 8.44. The number of nitrogens with two attached hydrogens (primary N) is 2. The first-order chi connectivity index (χ1) is 13.6. The number of nitrogen functional groups attached to an aromatic ring is 1. The number of rotatable bonds is 5. The minimum absolute atomic E-state index is 0.101. The van der Waals surface area contributed by atoms with Crippen LogP contribution in [0.25, 0.3) is 0 Å². The SMILES string of the molecule is CC(N)(C(F)F)C(NC(=O)c1ccc(C#Cc2ccc(N)cc2)cc1)C(=O)NO. The first kappa shape index (κ1) is 21.8. The number of halogens is 2. The molecule has 0 fully saturated rings. The van der Waals surface area contributed by atoms with Crippen molar-refractivity contribution in [2.45, 2.75) is 24.9 Å². The van der Waals surface area contributed by atoms with E-state index in [0.717, 1.165) is 12.5 Å². The highest BCUT2D eigenvalue weighted by Crippen LogP contribution is 2.18. The number of hydrogen-bond acceptors (Lipinski definition) is 5. The molecule has 7 N–H and O–H groups in total. The zero-order valence-electron chi connectivity index (χ0n) is 15.4. The number of nitrogens with one attached hydrogen (secondary N) is 2. The van der Waals surface area contributed by atoms with Gasteiger partial charge in [0.05, 0.1) is 0 Å². The van der Waals surface area contributed by atoms with Gasteiger partial charge in [0.15, 0.2) is 0 Å². The van der Waals surface area contributed by atoms with E-state index in [1.807, 2.05) is 0 Å². The fourth-order valence-corrected chi connectivity index (χ4v) is 2.32. The standard InChI is InChI=1S/C20H20F2N4O3/c1-20(24,19(21)22)16(18(28)26-29)25-17(27)14-8-4-12(5-9-14)2-3-13-6-10-15(23)11-7-13/h4-11,16,19,29H,23-24H2,1H3,(H,25,27)(H,26,28).